The number of para-hydroxylation sites is 1. The Hall–Kier alpha value is -1.36. The van der Waals surface area contributed by atoms with Crippen molar-refractivity contribution in [3.63, 3.8) is 0 Å². The van der Waals surface area contributed by atoms with Crippen molar-refractivity contribution in [1.29, 1.82) is 0 Å². The number of benzene rings is 2. The van der Waals surface area contributed by atoms with Gasteiger partial charge in [0.2, 0.25) is 0 Å². The predicted molar refractivity (Wildman–Crippen MR) is 78.4 cm³/mol. The average molecular weight is 313 g/mol. The Kier molecular flexibility index (Phi) is 3.09. The van der Waals surface area contributed by atoms with Crippen molar-refractivity contribution < 1.29 is 4.39 Å². The smallest absolute Gasteiger partial charge is 0.182 e. The van der Waals surface area contributed by atoms with E-state index in [2.05, 4.69) is 4.98 Å². The summed E-state index contributed by atoms with van der Waals surface area (Å²) < 4.78 is 15.6. The zero-order valence-electron chi connectivity index (χ0n) is 9.45. The van der Waals surface area contributed by atoms with E-state index in [-0.39, 0.29) is 5.02 Å². The fourth-order valence-corrected chi connectivity index (χ4v) is 2.66. The van der Waals surface area contributed by atoms with Gasteiger partial charge < -0.3 is 4.98 Å². The lowest BCUT2D eigenvalue weighted by Crippen LogP contribution is -1.94. The molecule has 0 spiro atoms. The van der Waals surface area contributed by atoms with Gasteiger partial charge in [-0.3, -0.25) is 4.57 Å². The van der Waals surface area contributed by atoms with Gasteiger partial charge in [-0.25, -0.2) is 4.39 Å². The molecule has 0 unspecified atom stereocenters. The number of fused-ring (bicyclic) bond motifs is 1. The fraction of sp³-hybridized carbons (Fsp3) is 0. The van der Waals surface area contributed by atoms with Crippen LogP contribution in [0.4, 0.5) is 4.39 Å². The first-order valence-corrected chi connectivity index (χ1v) is 6.59. The number of H-pyrrole nitrogens is 1. The lowest BCUT2D eigenvalue weighted by molar-refractivity contribution is 0.630. The van der Waals surface area contributed by atoms with Crippen molar-refractivity contribution >= 4 is 46.5 Å². The van der Waals surface area contributed by atoms with Crippen molar-refractivity contribution in [3.8, 4) is 5.69 Å². The molecule has 2 nitrogen and oxygen atoms in total. The third-order valence-electron chi connectivity index (χ3n) is 2.82. The Bertz CT molecular complexity index is 838. The molecule has 0 atom stereocenters. The lowest BCUT2D eigenvalue weighted by Gasteiger charge is -2.06. The molecular formula is C13H7Cl2FN2S. The van der Waals surface area contributed by atoms with Crippen LogP contribution in [-0.2, 0) is 0 Å². The van der Waals surface area contributed by atoms with Gasteiger partial charge in [0.15, 0.2) is 4.77 Å². The predicted octanol–water partition coefficient (Wildman–Crippen LogP) is 5.13. The Morgan fingerprint density at radius 1 is 1.11 bits per heavy atom. The molecule has 1 aromatic heterocycles. The summed E-state index contributed by atoms with van der Waals surface area (Å²) in [6, 6.07) is 10.1. The van der Waals surface area contributed by atoms with Gasteiger partial charge in [-0.15, -0.1) is 0 Å². The summed E-state index contributed by atoms with van der Waals surface area (Å²) in [5.41, 5.74) is 1.99. The summed E-state index contributed by atoms with van der Waals surface area (Å²) in [6.07, 6.45) is 0. The number of hydrogen-bond acceptors (Lipinski definition) is 1. The van der Waals surface area contributed by atoms with Crippen LogP contribution >= 0.6 is 35.4 Å². The van der Waals surface area contributed by atoms with Crippen molar-refractivity contribution in [2.45, 2.75) is 0 Å². The van der Waals surface area contributed by atoms with Crippen LogP contribution in [0.5, 0.6) is 0 Å². The molecule has 0 aliphatic heterocycles. The largest absolute Gasteiger partial charge is 0.330 e. The fourth-order valence-electron chi connectivity index (χ4n) is 1.97. The maximum atomic E-state index is 13.5. The third-order valence-corrected chi connectivity index (χ3v) is 3.71. The molecule has 0 fully saturated rings. The third kappa shape index (κ3) is 2.06. The summed E-state index contributed by atoms with van der Waals surface area (Å²) in [4.78, 5) is 2.94. The van der Waals surface area contributed by atoms with Crippen LogP contribution in [0, 0.1) is 10.6 Å². The van der Waals surface area contributed by atoms with Gasteiger partial charge in [0.25, 0.3) is 0 Å². The SMILES string of the molecule is Fc1cc2[nH]c(=S)n(-c3ccccc3Cl)c2cc1Cl. The van der Waals surface area contributed by atoms with Gasteiger partial charge in [-0.2, -0.15) is 0 Å². The second-order valence-electron chi connectivity index (χ2n) is 4.00. The van der Waals surface area contributed by atoms with E-state index in [4.69, 9.17) is 35.4 Å². The summed E-state index contributed by atoms with van der Waals surface area (Å²) in [5.74, 6) is -0.489. The molecule has 0 aliphatic rings. The summed E-state index contributed by atoms with van der Waals surface area (Å²) >= 11 is 17.3. The number of aromatic amines is 1. The number of aromatic nitrogens is 2. The molecule has 0 radical (unpaired) electrons. The number of halogens is 3. The van der Waals surface area contributed by atoms with Crippen molar-refractivity contribution in [2.24, 2.45) is 0 Å². The normalized spacial score (nSPS) is 11.1. The van der Waals surface area contributed by atoms with Crippen molar-refractivity contribution in [3.05, 3.63) is 57.0 Å². The highest BCUT2D eigenvalue weighted by Gasteiger charge is 2.12. The molecule has 96 valence electrons. The number of imidazole rings is 1. The van der Waals surface area contributed by atoms with Crippen LogP contribution in [0.25, 0.3) is 16.7 Å². The van der Waals surface area contributed by atoms with E-state index in [9.17, 15) is 4.39 Å². The standard InChI is InChI=1S/C13H7Cl2FN2S/c14-7-3-1-2-4-11(7)18-12-5-8(15)9(16)6-10(12)17-13(18)19/h1-6H,(H,17,19). The van der Waals surface area contributed by atoms with E-state index in [0.29, 0.717) is 20.8 Å². The highest BCUT2D eigenvalue weighted by molar-refractivity contribution is 7.71. The van der Waals surface area contributed by atoms with Crippen LogP contribution in [0.2, 0.25) is 10.0 Å². The van der Waals surface area contributed by atoms with Gasteiger partial charge in [-0.05, 0) is 30.4 Å². The van der Waals surface area contributed by atoms with E-state index in [1.165, 1.54) is 12.1 Å². The number of hydrogen-bond donors (Lipinski definition) is 1. The van der Waals surface area contributed by atoms with Gasteiger partial charge >= 0.3 is 0 Å². The van der Waals surface area contributed by atoms with Gasteiger partial charge in [-0.1, -0.05) is 35.3 Å². The zero-order chi connectivity index (χ0) is 13.6. The summed E-state index contributed by atoms with van der Waals surface area (Å²) in [7, 11) is 0. The monoisotopic (exact) mass is 312 g/mol. The van der Waals surface area contributed by atoms with Crippen LogP contribution in [0.1, 0.15) is 0 Å². The number of nitrogens with one attached hydrogen (secondary N) is 1. The molecular weight excluding hydrogens is 306 g/mol. The van der Waals surface area contributed by atoms with E-state index >= 15 is 0 Å². The van der Waals surface area contributed by atoms with Gasteiger partial charge in [0, 0.05) is 6.07 Å². The minimum Gasteiger partial charge on any atom is -0.330 e. The maximum absolute atomic E-state index is 13.5. The summed E-state index contributed by atoms with van der Waals surface area (Å²) in [6.45, 7) is 0. The Labute approximate surface area is 123 Å². The van der Waals surface area contributed by atoms with Gasteiger partial charge in [0.1, 0.15) is 5.82 Å². The second kappa shape index (κ2) is 4.63. The van der Waals surface area contributed by atoms with Crippen LogP contribution in [0.3, 0.4) is 0 Å². The van der Waals surface area contributed by atoms with E-state index < -0.39 is 5.82 Å². The molecule has 19 heavy (non-hydrogen) atoms. The summed E-state index contributed by atoms with van der Waals surface area (Å²) in [5, 5.41) is 0.599. The Morgan fingerprint density at radius 3 is 2.58 bits per heavy atom. The van der Waals surface area contributed by atoms with E-state index in [0.717, 1.165) is 5.69 Å². The molecule has 1 N–H and O–H groups in total. The lowest BCUT2D eigenvalue weighted by atomic mass is 10.2. The molecule has 0 aliphatic carbocycles. The maximum Gasteiger partial charge on any atom is 0.182 e. The molecule has 3 aromatic rings. The topological polar surface area (TPSA) is 20.7 Å². The van der Waals surface area contributed by atoms with Gasteiger partial charge in [0.05, 0.1) is 26.8 Å². The van der Waals surface area contributed by atoms with Crippen LogP contribution in [-0.4, -0.2) is 9.55 Å². The van der Waals surface area contributed by atoms with E-state index in [1.807, 2.05) is 18.2 Å². The molecule has 3 rings (SSSR count). The van der Waals surface area contributed by atoms with Crippen LogP contribution in [0.15, 0.2) is 36.4 Å². The molecule has 0 bridgehead atoms. The first-order chi connectivity index (χ1) is 9.08. The molecule has 6 heteroatoms. The minimum absolute atomic E-state index is 0.0438. The van der Waals surface area contributed by atoms with Crippen molar-refractivity contribution in [2.75, 3.05) is 0 Å². The molecule has 1 heterocycles. The zero-order valence-corrected chi connectivity index (χ0v) is 11.8. The van der Waals surface area contributed by atoms with E-state index in [1.54, 1.807) is 10.6 Å². The first kappa shape index (κ1) is 12.7. The van der Waals surface area contributed by atoms with Crippen molar-refractivity contribution in [1.82, 2.24) is 9.55 Å². The first-order valence-electron chi connectivity index (χ1n) is 5.42. The quantitative estimate of drug-likeness (QED) is 0.617. The second-order valence-corrected chi connectivity index (χ2v) is 5.20. The number of rotatable bonds is 1. The molecule has 0 amide bonds. The highest BCUT2D eigenvalue weighted by Crippen LogP contribution is 2.28. The average Bonchev–Trinajstić information content (AvgIpc) is 2.66. The molecule has 0 saturated heterocycles. The highest BCUT2D eigenvalue weighted by atomic mass is 35.5. The molecule has 2 aromatic carbocycles. The van der Waals surface area contributed by atoms with Crippen LogP contribution < -0.4 is 0 Å². The number of nitrogens with zero attached hydrogens (tertiary/aromatic N) is 1. The minimum atomic E-state index is -0.489. The Balaban J connectivity index is 2.42. The Morgan fingerprint density at radius 2 is 1.84 bits per heavy atom. The molecule has 0 saturated carbocycles.